The molecule has 0 saturated heterocycles. The number of aromatic hydroxyl groups is 2. The highest BCUT2D eigenvalue weighted by molar-refractivity contribution is 6.39. The van der Waals surface area contributed by atoms with E-state index in [0.717, 1.165) is 19.0 Å². The van der Waals surface area contributed by atoms with Gasteiger partial charge in [-0.05, 0) is 36.9 Å². The number of hydrogen-bond donors (Lipinski definition) is 6. The second kappa shape index (κ2) is 10.2. The molecule has 7 nitrogen and oxygen atoms in total. The molecule has 1 aliphatic rings. The number of nitrogens with one attached hydrogen (secondary N) is 3. The minimum Gasteiger partial charge on any atom is -0.504 e. The number of rotatable bonds is 4. The topological polar surface area (TPSA) is 109 Å². The van der Waals surface area contributed by atoms with Crippen molar-refractivity contribution in [2.24, 2.45) is 4.99 Å². The minimum absolute atomic E-state index is 0.180. The molecule has 2 aromatic carbocycles. The third-order valence-corrected chi connectivity index (χ3v) is 4.29. The van der Waals surface area contributed by atoms with Gasteiger partial charge < -0.3 is 31.3 Å². The molecule has 0 bridgehead atoms. The van der Waals surface area contributed by atoms with Crippen LogP contribution in [0.5, 0.6) is 11.5 Å². The van der Waals surface area contributed by atoms with Crippen molar-refractivity contribution in [3.05, 3.63) is 52.0 Å². The average molecular weight is 413 g/mol. The van der Waals surface area contributed by atoms with Crippen LogP contribution in [0.3, 0.4) is 0 Å². The molecular weight excluding hydrogens is 391 g/mol. The third kappa shape index (κ3) is 6.18. The molecule has 1 aliphatic heterocycles. The van der Waals surface area contributed by atoms with Crippen molar-refractivity contribution >= 4 is 34.8 Å². The summed E-state index contributed by atoms with van der Waals surface area (Å²) in [6, 6.07) is 9.63. The Balaban J connectivity index is 0.000000194. The molecule has 27 heavy (non-hydrogen) atoms. The van der Waals surface area contributed by atoms with E-state index in [0.29, 0.717) is 27.8 Å². The predicted molar refractivity (Wildman–Crippen MR) is 109 cm³/mol. The lowest BCUT2D eigenvalue weighted by Gasteiger charge is -2.10. The third-order valence-electron chi connectivity index (χ3n) is 3.66. The van der Waals surface area contributed by atoms with Crippen molar-refractivity contribution in [3.8, 4) is 11.5 Å². The summed E-state index contributed by atoms with van der Waals surface area (Å²) in [5.41, 5.74) is 1.27. The standard InChI is InChI=1S/C9H9Cl2N3.C9H13NO3/c10-6-2-1-3-7(11)8(6)14-9-12-4-5-13-9;1-10-5-9(13)6-2-3-7(11)8(12)4-6/h1-3H,4-5H2,(H2,12,13,14);2-4,9-13H,5H2,1H3/t;9-/m.0/s1. The van der Waals surface area contributed by atoms with Crippen LogP contribution in [0.1, 0.15) is 11.7 Å². The Hall–Kier alpha value is -2.19. The number of phenolic OH excluding ortho intramolecular Hbond substituents is 2. The van der Waals surface area contributed by atoms with E-state index < -0.39 is 6.10 Å². The number of guanidine groups is 1. The summed E-state index contributed by atoms with van der Waals surface area (Å²) in [6.07, 6.45) is -0.670. The highest BCUT2D eigenvalue weighted by Crippen LogP contribution is 2.29. The quantitative estimate of drug-likeness (QED) is 0.431. The predicted octanol–water partition coefficient (Wildman–Crippen LogP) is 2.72. The molecule has 1 atom stereocenters. The van der Waals surface area contributed by atoms with E-state index in [4.69, 9.17) is 33.4 Å². The Morgan fingerprint density at radius 3 is 2.41 bits per heavy atom. The summed E-state index contributed by atoms with van der Waals surface area (Å²) >= 11 is 12.0. The van der Waals surface area contributed by atoms with Gasteiger partial charge in [0.2, 0.25) is 0 Å². The fourth-order valence-electron chi connectivity index (χ4n) is 2.28. The van der Waals surface area contributed by atoms with Crippen molar-refractivity contribution in [2.75, 3.05) is 32.0 Å². The van der Waals surface area contributed by atoms with Crippen molar-refractivity contribution in [2.45, 2.75) is 6.10 Å². The van der Waals surface area contributed by atoms with E-state index in [9.17, 15) is 5.11 Å². The van der Waals surface area contributed by atoms with E-state index >= 15 is 0 Å². The maximum atomic E-state index is 9.48. The van der Waals surface area contributed by atoms with Crippen LogP contribution in [0.4, 0.5) is 5.69 Å². The first-order chi connectivity index (χ1) is 12.9. The Morgan fingerprint density at radius 2 is 1.85 bits per heavy atom. The van der Waals surface area contributed by atoms with Crippen LogP contribution >= 0.6 is 23.2 Å². The number of aliphatic hydroxyl groups is 1. The molecule has 1 heterocycles. The molecule has 0 unspecified atom stereocenters. The Morgan fingerprint density at radius 1 is 1.15 bits per heavy atom. The molecule has 0 amide bonds. The molecule has 0 radical (unpaired) electrons. The summed E-state index contributed by atoms with van der Waals surface area (Å²) < 4.78 is 0. The first kappa shape index (κ1) is 21.1. The van der Waals surface area contributed by atoms with Crippen LogP contribution in [-0.2, 0) is 0 Å². The van der Waals surface area contributed by atoms with Crippen LogP contribution in [-0.4, -0.2) is 48.0 Å². The van der Waals surface area contributed by atoms with E-state index in [1.54, 1.807) is 31.3 Å². The lowest BCUT2D eigenvalue weighted by molar-refractivity contribution is 0.177. The van der Waals surface area contributed by atoms with Crippen molar-refractivity contribution in [1.29, 1.82) is 0 Å². The van der Waals surface area contributed by atoms with Gasteiger partial charge in [0, 0.05) is 13.1 Å². The van der Waals surface area contributed by atoms with Gasteiger partial charge in [0.25, 0.3) is 0 Å². The van der Waals surface area contributed by atoms with Crippen molar-refractivity contribution < 1.29 is 15.3 Å². The van der Waals surface area contributed by atoms with E-state index in [1.807, 2.05) is 0 Å². The van der Waals surface area contributed by atoms with Crippen LogP contribution < -0.4 is 16.0 Å². The van der Waals surface area contributed by atoms with Crippen LogP contribution in [0.2, 0.25) is 10.0 Å². The van der Waals surface area contributed by atoms with Gasteiger partial charge >= 0.3 is 0 Å². The largest absolute Gasteiger partial charge is 0.504 e. The monoisotopic (exact) mass is 412 g/mol. The zero-order chi connectivity index (χ0) is 19.8. The van der Waals surface area contributed by atoms with Gasteiger partial charge in [0.1, 0.15) is 0 Å². The summed E-state index contributed by atoms with van der Waals surface area (Å²) in [6.45, 7) is 2.04. The van der Waals surface area contributed by atoms with Gasteiger partial charge in [-0.3, -0.25) is 4.99 Å². The minimum atomic E-state index is -0.670. The second-order valence-electron chi connectivity index (χ2n) is 5.70. The fraction of sp³-hybridized carbons (Fsp3) is 0.278. The number of phenols is 2. The second-order valence-corrected chi connectivity index (χ2v) is 6.51. The van der Waals surface area contributed by atoms with Gasteiger partial charge in [0.05, 0.1) is 28.4 Å². The number of benzene rings is 2. The SMILES string of the molecule is CNC[C@H](O)c1ccc(O)c(O)c1.Clc1cccc(Cl)c1NC1=NCCN1. The number of aliphatic hydroxyl groups excluding tert-OH is 1. The summed E-state index contributed by atoms with van der Waals surface area (Å²) in [4.78, 5) is 4.19. The number of anilines is 1. The Kier molecular flexibility index (Phi) is 7.99. The molecule has 146 valence electrons. The lowest BCUT2D eigenvalue weighted by atomic mass is 10.1. The van der Waals surface area contributed by atoms with Crippen LogP contribution in [0.25, 0.3) is 0 Å². The van der Waals surface area contributed by atoms with Crippen molar-refractivity contribution in [1.82, 2.24) is 10.6 Å². The smallest absolute Gasteiger partial charge is 0.196 e. The lowest BCUT2D eigenvalue weighted by Crippen LogP contribution is -2.26. The zero-order valence-electron chi connectivity index (χ0n) is 14.7. The maximum Gasteiger partial charge on any atom is 0.196 e. The van der Waals surface area contributed by atoms with Gasteiger partial charge in [-0.15, -0.1) is 0 Å². The number of halogens is 2. The number of hydrogen-bond acceptors (Lipinski definition) is 7. The summed E-state index contributed by atoms with van der Waals surface area (Å²) in [7, 11) is 1.73. The zero-order valence-corrected chi connectivity index (χ0v) is 16.2. The summed E-state index contributed by atoms with van der Waals surface area (Å²) in [5.74, 6) is 0.327. The fourth-order valence-corrected chi connectivity index (χ4v) is 2.77. The summed E-state index contributed by atoms with van der Waals surface area (Å²) in [5, 5.41) is 37.7. The molecule has 3 rings (SSSR count). The molecule has 0 aliphatic carbocycles. The molecule has 0 aromatic heterocycles. The molecular formula is C18H22Cl2N4O3. The first-order valence-electron chi connectivity index (χ1n) is 8.26. The van der Waals surface area contributed by atoms with Gasteiger partial charge in [-0.2, -0.15) is 0 Å². The normalized spacial score (nSPS) is 13.9. The van der Waals surface area contributed by atoms with Gasteiger partial charge in [-0.1, -0.05) is 35.3 Å². The highest BCUT2D eigenvalue weighted by atomic mass is 35.5. The Bertz CT molecular complexity index is 782. The van der Waals surface area contributed by atoms with E-state index in [-0.39, 0.29) is 11.5 Å². The van der Waals surface area contributed by atoms with Gasteiger partial charge in [0.15, 0.2) is 17.5 Å². The van der Waals surface area contributed by atoms with Gasteiger partial charge in [-0.25, -0.2) is 0 Å². The Labute approximate surface area is 167 Å². The molecule has 0 saturated carbocycles. The van der Waals surface area contributed by atoms with Crippen molar-refractivity contribution in [3.63, 3.8) is 0 Å². The number of likely N-dealkylation sites (N-methyl/N-ethyl adjacent to an activating group) is 1. The van der Waals surface area contributed by atoms with E-state index in [1.165, 1.54) is 12.1 Å². The highest BCUT2D eigenvalue weighted by Gasteiger charge is 2.10. The van der Waals surface area contributed by atoms with Crippen LogP contribution in [0.15, 0.2) is 41.4 Å². The number of aliphatic imine (C=N–C) groups is 1. The maximum absolute atomic E-state index is 9.48. The van der Waals surface area contributed by atoms with Crippen LogP contribution in [0, 0.1) is 0 Å². The first-order valence-corrected chi connectivity index (χ1v) is 9.02. The molecule has 9 heteroatoms. The van der Waals surface area contributed by atoms with E-state index in [2.05, 4.69) is 20.9 Å². The molecule has 2 aromatic rings. The molecule has 6 N–H and O–H groups in total. The number of nitrogens with zero attached hydrogens (tertiary/aromatic N) is 1. The molecule has 0 spiro atoms. The molecule has 0 fully saturated rings. The number of para-hydroxylation sites is 1. The average Bonchev–Trinajstić information content (AvgIpc) is 3.15.